The number of aromatic nitrogens is 2. The van der Waals surface area contributed by atoms with Crippen LogP contribution in [0.5, 0.6) is 0 Å². The van der Waals surface area contributed by atoms with Crippen molar-refractivity contribution in [1.29, 1.82) is 0 Å². The molecule has 1 aliphatic carbocycles. The van der Waals surface area contributed by atoms with Crippen LogP contribution in [0.25, 0.3) is 0 Å². The minimum atomic E-state index is -0.962. The summed E-state index contributed by atoms with van der Waals surface area (Å²) in [5.41, 5.74) is 0.633. The van der Waals surface area contributed by atoms with E-state index >= 15 is 0 Å². The minimum Gasteiger partial charge on any atom is -0.481 e. The van der Waals surface area contributed by atoms with Gasteiger partial charge in [0.05, 0.1) is 24.1 Å². The summed E-state index contributed by atoms with van der Waals surface area (Å²) in [6.45, 7) is 1.92. The molecule has 1 aliphatic rings. The molecule has 2 rings (SSSR count). The van der Waals surface area contributed by atoms with Gasteiger partial charge in [0.25, 0.3) is 0 Å². The molecule has 0 spiro atoms. The van der Waals surface area contributed by atoms with Crippen LogP contribution in [0.1, 0.15) is 50.4 Å². The molecule has 0 bridgehead atoms. The number of aliphatic hydroxyl groups excluding tert-OH is 1. The van der Waals surface area contributed by atoms with Crippen LogP contribution in [0.15, 0.2) is 12.5 Å². The molecule has 17 heavy (non-hydrogen) atoms. The molecule has 0 radical (unpaired) electrons. The molecule has 1 aromatic rings. The number of aliphatic hydroxyl groups is 1. The van der Waals surface area contributed by atoms with Crippen LogP contribution < -0.4 is 0 Å². The second-order valence-electron chi connectivity index (χ2n) is 4.64. The Bertz CT molecular complexity index is 398. The molecule has 5 nitrogen and oxygen atoms in total. The van der Waals surface area contributed by atoms with Crippen LogP contribution in [0.3, 0.4) is 0 Å². The van der Waals surface area contributed by atoms with Gasteiger partial charge in [0.1, 0.15) is 6.10 Å². The molecular weight excluding hydrogens is 220 g/mol. The van der Waals surface area contributed by atoms with Gasteiger partial charge in [-0.25, -0.2) is 4.98 Å². The van der Waals surface area contributed by atoms with E-state index in [1.165, 1.54) is 0 Å². The first-order valence-corrected chi connectivity index (χ1v) is 6.07. The Morgan fingerprint density at radius 3 is 2.88 bits per heavy atom. The molecule has 1 fully saturated rings. The van der Waals surface area contributed by atoms with E-state index in [4.69, 9.17) is 5.11 Å². The topological polar surface area (TPSA) is 75.3 Å². The number of hydrogen-bond acceptors (Lipinski definition) is 3. The molecule has 1 heterocycles. The molecule has 2 unspecified atom stereocenters. The summed E-state index contributed by atoms with van der Waals surface area (Å²) in [7, 11) is 0. The van der Waals surface area contributed by atoms with Gasteiger partial charge in [0, 0.05) is 6.04 Å². The highest BCUT2D eigenvalue weighted by Gasteiger charge is 2.33. The monoisotopic (exact) mass is 238 g/mol. The standard InChI is InChI=1S/C12H18N2O3/c1-2-3-9(12(16)17)11(15)10-6-13-7-14(10)8-4-5-8/h6-9,11,15H,2-5H2,1H3,(H,16,17). The van der Waals surface area contributed by atoms with Gasteiger partial charge in [0.15, 0.2) is 0 Å². The lowest BCUT2D eigenvalue weighted by Crippen LogP contribution is -2.23. The maximum Gasteiger partial charge on any atom is 0.309 e. The molecule has 2 N–H and O–H groups in total. The summed E-state index contributed by atoms with van der Waals surface area (Å²) in [5, 5.41) is 19.3. The van der Waals surface area contributed by atoms with E-state index in [1.54, 1.807) is 12.5 Å². The Morgan fingerprint density at radius 1 is 1.65 bits per heavy atom. The Morgan fingerprint density at radius 2 is 2.35 bits per heavy atom. The van der Waals surface area contributed by atoms with Gasteiger partial charge in [-0.15, -0.1) is 0 Å². The molecule has 0 saturated heterocycles. The number of carbonyl (C=O) groups is 1. The number of carboxylic acid groups (broad SMARTS) is 1. The zero-order chi connectivity index (χ0) is 12.4. The second-order valence-corrected chi connectivity index (χ2v) is 4.64. The average Bonchev–Trinajstić information content (AvgIpc) is 3.02. The fourth-order valence-corrected chi connectivity index (χ4v) is 2.14. The Labute approximate surface area is 100 Å². The first kappa shape index (κ1) is 12.1. The van der Waals surface area contributed by atoms with Gasteiger partial charge in [0.2, 0.25) is 0 Å². The zero-order valence-electron chi connectivity index (χ0n) is 9.91. The predicted octanol–water partition coefficient (Wildman–Crippen LogP) is 1.75. The van der Waals surface area contributed by atoms with E-state index in [0.29, 0.717) is 18.2 Å². The van der Waals surface area contributed by atoms with Crippen LogP contribution in [0.4, 0.5) is 0 Å². The molecule has 1 saturated carbocycles. The van der Waals surface area contributed by atoms with Crippen molar-refractivity contribution in [1.82, 2.24) is 9.55 Å². The van der Waals surface area contributed by atoms with E-state index < -0.39 is 18.0 Å². The Kier molecular flexibility index (Phi) is 3.47. The van der Waals surface area contributed by atoms with Gasteiger partial charge >= 0.3 is 5.97 Å². The molecule has 0 amide bonds. The first-order chi connectivity index (χ1) is 8.15. The zero-order valence-corrected chi connectivity index (χ0v) is 9.91. The quantitative estimate of drug-likeness (QED) is 0.791. The van der Waals surface area contributed by atoms with Crippen molar-refractivity contribution in [2.24, 2.45) is 5.92 Å². The second kappa shape index (κ2) is 4.87. The Hall–Kier alpha value is -1.36. The molecule has 94 valence electrons. The van der Waals surface area contributed by atoms with E-state index in [0.717, 1.165) is 19.3 Å². The summed E-state index contributed by atoms with van der Waals surface area (Å²) < 4.78 is 1.91. The first-order valence-electron chi connectivity index (χ1n) is 6.07. The van der Waals surface area contributed by atoms with E-state index in [2.05, 4.69) is 4.98 Å². The highest BCUT2D eigenvalue weighted by atomic mass is 16.4. The van der Waals surface area contributed by atoms with Gasteiger partial charge < -0.3 is 14.8 Å². The van der Waals surface area contributed by atoms with E-state index in [1.807, 2.05) is 11.5 Å². The summed E-state index contributed by atoms with van der Waals surface area (Å²) in [5.74, 6) is -1.68. The average molecular weight is 238 g/mol. The fraction of sp³-hybridized carbons (Fsp3) is 0.667. The van der Waals surface area contributed by atoms with Gasteiger partial charge in [-0.1, -0.05) is 13.3 Å². The summed E-state index contributed by atoms with van der Waals surface area (Å²) in [4.78, 5) is 15.1. The van der Waals surface area contributed by atoms with Gasteiger partial charge in [-0.05, 0) is 19.3 Å². The molecule has 0 aromatic carbocycles. The fourth-order valence-electron chi connectivity index (χ4n) is 2.14. The highest BCUT2D eigenvalue weighted by molar-refractivity contribution is 5.70. The number of rotatable bonds is 6. The number of nitrogens with zero attached hydrogens (tertiary/aromatic N) is 2. The molecule has 5 heteroatoms. The Balaban J connectivity index is 2.18. The third-order valence-electron chi connectivity index (χ3n) is 3.24. The van der Waals surface area contributed by atoms with Crippen molar-refractivity contribution < 1.29 is 15.0 Å². The third kappa shape index (κ3) is 2.49. The lowest BCUT2D eigenvalue weighted by atomic mass is 9.95. The summed E-state index contributed by atoms with van der Waals surface area (Å²) >= 11 is 0. The van der Waals surface area contributed by atoms with E-state index in [9.17, 15) is 9.90 Å². The smallest absolute Gasteiger partial charge is 0.309 e. The summed E-state index contributed by atoms with van der Waals surface area (Å²) in [6.07, 6.45) is 5.69. The van der Waals surface area contributed by atoms with Crippen molar-refractivity contribution >= 4 is 5.97 Å². The third-order valence-corrected chi connectivity index (χ3v) is 3.24. The van der Waals surface area contributed by atoms with Crippen LogP contribution in [-0.2, 0) is 4.79 Å². The van der Waals surface area contributed by atoms with Crippen molar-refractivity contribution in [2.45, 2.75) is 44.8 Å². The SMILES string of the molecule is CCCC(C(=O)O)C(O)c1cncn1C1CC1. The van der Waals surface area contributed by atoms with Crippen molar-refractivity contribution in [3.63, 3.8) is 0 Å². The number of imidazole rings is 1. The van der Waals surface area contributed by atoms with Crippen LogP contribution in [-0.4, -0.2) is 25.7 Å². The van der Waals surface area contributed by atoms with Crippen LogP contribution in [0.2, 0.25) is 0 Å². The lowest BCUT2D eigenvalue weighted by Gasteiger charge is -2.19. The van der Waals surface area contributed by atoms with Crippen molar-refractivity contribution in [3.8, 4) is 0 Å². The highest BCUT2D eigenvalue weighted by Crippen LogP contribution is 2.38. The maximum absolute atomic E-state index is 11.1. The predicted molar refractivity (Wildman–Crippen MR) is 61.5 cm³/mol. The summed E-state index contributed by atoms with van der Waals surface area (Å²) in [6, 6.07) is 0.401. The number of carboxylic acids is 1. The lowest BCUT2D eigenvalue weighted by molar-refractivity contribution is -0.146. The normalized spacial score (nSPS) is 18.9. The number of hydrogen-bond donors (Lipinski definition) is 2. The van der Waals surface area contributed by atoms with Crippen molar-refractivity contribution in [2.75, 3.05) is 0 Å². The minimum absolute atomic E-state index is 0.401. The molecule has 2 atom stereocenters. The van der Waals surface area contributed by atoms with Crippen molar-refractivity contribution in [3.05, 3.63) is 18.2 Å². The van der Waals surface area contributed by atoms with Crippen LogP contribution >= 0.6 is 0 Å². The van der Waals surface area contributed by atoms with E-state index in [-0.39, 0.29) is 0 Å². The van der Waals surface area contributed by atoms with Gasteiger partial charge in [-0.2, -0.15) is 0 Å². The molecule has 0 aliphatic heterocycles. The molecular formula is C12H18N2O3. The van der Waals surface area contributed by atoms with Gasteiger partial charge in [-0.3, -0.25) is 4.79 Å². The van der Waals surface area contributed by atoms with Crippen LogP contribution in [0, 0.1) is 5.92 Å². The molecule has 1 aromatic heterocycles. The maximum atomic E-state index is 11.1. The number of aliphatic carboxylic acids is 1. The largest absolute Gasteiger partial charge is 0.481 e.